The first kappa shape index (κ1) is 20.8. The van der Waals surface area contributed by atoms with E-state index in [4.69, 9.17) is 17.2 Å². The Kier molecular flexibility index (Phi) is 4.41. The van der Waals surface area contributed by atoms with Gasteiger partial charge < -0.3 is 4.57 Å². The molecule has 5 heteroatoms. The Labute approximate surface area is 221 Å². The first-order chi connectivity index (χ1) is 18.3. The Hall–Kier alpha value is -4.32. The van der Waals surface area contributed by atoms with Crippen molar-refractivity contribution in [3.63, 3.8) is 0 Å². The lowest BCUT2D eigenvalue weighted by Gasteiger charge is -2.08. The van der Waals surface area contributed by atoms with Gasteiger partial charge in [0.1, 0.15) is 4.64 Å². The zero-order chi connectivity index (χ0) is 24.5. The van der Waals surface area contributed by atoms with Gasteiger partial charge in [0, 0.05) is 21.8 Å². The Balaban J connectivity index is 1.35. The van der Waals surface area contributed by atoms with Crippen molar-refractivity contribution >= 4 is 71.4 Å². The van der Waals surface area contributed by atoms with Gasteiger partial charge in [-0.05, 0) is 65.7 Å². The Morgan fingerprint density at radius 3 is 2.14 bits per heavy atom. The largest absolute Gasteiger partial charge is 0.309 e. The van der Waals surface area contributed by atoms with Crippen LogP contribution in [0.15, 0.2) is 115 Å². The summed E-state index contributed by atoms with van der Waals surface area (Å²) in [6.07, 6.45) is 0. The Morgan fingerprint density at radius 1 is 0.595 bits per heavy atom. The second-order valence-corrected chi connectivity index (χ2v) is 10.7. The second-order valence-electron chi connectivity index (χ2n) is 9.26. The van der Waals surface area contributed by atoms with Crippen molar-refractivity contribution in [1.29, 1.82) is 0 Å². The van der Waals surface area contributed by atoms with Gasteiger partial charge in [0.25, 0.3) is 0 Å². The number of nitrogens with zero attached hydrogens (tertiary/aromatic N) is 3. The topological polar surface area (TPSA) is 22.2 Å². The van der Waals surface area contributed by atoms with Crippen LogP contribution in [0.4, 0.5) is 0 Å². The summed E-state index contributed by atoms with van der Waals surface area (Å²) in [5.41, 5.74) is 8.03. The number of hydrogen-bond acceptors (Lipinski definition) is 3. The number of aromatic nitrogens is 3. The molecule has 5 aromatic carbocycles. The lowest BCUT2D eigenvalue weighted by molar-refractivity contribution is 1.18. The quantitative estimate of drug-likeness (QED) is 0.217. The van der Waals surface area contributed by atoms with E-state index in [1.165, 1.54) is 43.3 Å². The standard InChI is InChI=1S/C32H19N3S2/c36-31-24-11-4-6-12-26(24)33-32-35(31)29-17-15-21(19-30(29)37-32)20-14-16-28-25(18-20)23-10-5-7-13-27(23)34(28)22-8-2-1-3-9-22/h1-19H. The minimum Gasteiger partial charge on any atom is -0.309 e. The van der Waals surface area contributed by atoms with E-state index in [9.17, 15) is 0 Å². The highest BCUT2D eigenvalue weighted by Gasteiger charge is 2.14. The van der Waals surface area contributed by atoms with E-state index in [0.29, 0.717) is 0 Å². The molecule has 0 saturated carbocycles. The van der Waals surface area contributed by atoms with Gasteiger partial charge in [0.15, 0.2) is 4.96 Å². The van der Waals surface area contributed by atoms with E-state index in [2.05, 4.69) is 106 Å². The van der Waals surface area contributed by atoms with Crippen molar-refractivity contribution in [1.82, 2.24) is 14.0 Å². The van der Waals surface area contributed by atoms with E-state index in [1.807, 2.05) is 18.2 Å². The molecule has 0 N–H and O–H groups in total. The fourth-order valence-corrected chi connectivity index (χ4v) is 6.95. The molecule has 8 aromatic rings. The molecule has 0 amide bonds. The minimum absolute atomic E-state index is 0.815. The monoisotopic (exact) mass is 509 g/mol. The second kappa shape index (κ2) is 7.84. The molecule has 0 fully saturated rings. The summed E-state index contributed by atoms with van der Waals surface area (Å²) >= 11 is 7.56. The molecule has 0 spiro atoms. The summed E-state index contributed by atoms with van der Waals surface area (Å²) in [7, 11) is 0. The van der Waals surface area contributed by atoms with Gasteiger partial charge in [0.2, 0.25) is 0 Å². The molecule has 0 aliphatic carbocycles. The van der Waals surface area contributed by atoms with Crippen molar-refractivity contribution in [2.45, 2.75) is 0 Å². The van der Waals surface area contributed by atoms with Crippen LogP contribution in [-0.4, -0.2) is 14.0 Å². The zero-order valence-electron chi connectivity index (χ0n) is 19.6. The summed E-state index contributed by atoms with van der Waals surface area (Å²) in [4.78, 5) is 5.82. The maximum atomic E-state index is 5.87. The van der Waals surface area contributed by atoms with Crippen LogP contribution in [-0.2, 0) is 0 Å². The van der Waals surface area contributed by atoms with Crippen molar-refractivity contribution in [2.24, 2.45) is 0 Å². The van der Waals surface area contributed by atoms with Crippen LogP contribution >= 0.6 is 23.6 Å². The molecular weight excluding hydrogens is 491 g/mol. The third kappa shape index (κ3) is 3.05. The molecule has 0 atom stereocenters. The molecule has 0 saturated heterocycles. The fourth-order valence-electron chi connectivity index (χ4n) is 5.46. The van der Waals surface area contributed by atoms with E-state index in [-0.39, 0.29) is 0 Å². The van der Waals surface area contributed by atoms with Gasteiger partial charge in [-0.2, -0.15) is 0 Å². The predicted molar refractivity (Wildman–Crippen MR) is 159 cm³/mol. The maximum absolute atomic E-state index is 5.87. The molecule has 3 heterocycles. The van der Waals surface area contributed by atoms with E-state index in [0.717, 1.165) is 26.0 Å². The van der Waals surface area contributed by atoms with E-state index < -0.39 is 0 Å². The molecule has 3 nitrogen and oxygen atoms in total. The van der Waals surface area contributed by atoms with Crippen molar-refractivity contribution in [3.05, 3.63) is 120 Å². The molecule has 37 heavy (non-hydrogen) atoms. The van der Waals surface area contributed by atoms with Gasteiger partial charge in [-0.3, -0.25) is 4.40 Å². The number of para-hydroxylation sites is 3. The molecule has 8 rings (SSSR count). The molecule has 0 aliphatic heterocycles. The molecule has 0 bridgehead atoms. The number of fused-ring (bicyclic) bond motifs is 7. The number of hydrogen-bond donors (Lipinski definition) is 0. The third-order valence-electron chi connectivity index (χ3n) is 7.17. The summed E-state index contributed by atoms with van der Waals surface area (Å²) in [6.45, 7) is 0. The van der Waals surface area contributed by atoms with Gasteiger partial charge in [-0.25, -0.2) is 4.98 Å². The molecule has 3 aromatic heterocycles. The van der Waals surface area contributed by atoms with Gasteiger partial charge >= 0.3 is 0 Å². The van der Waals surface area contributed by atoms with Gasteiger partial charge in [0.05, 0.1) is 26.8 Å². The average molecular weight is 510 g/mol. The summed E-state index contributed by atoms with van der Waals surface area (Å²) in [6, 6.07) is 40.8. The maximum Gasteiger partial charge on any atom is 0.196 e. The van der Waals surface area contributed by atoms with E-state index >= 15 is 0 Å². The van der Waals surface area contributed by atoms with Crippen LogP contribution in [0.3, 0.4) is 0 Å². The average Bonchev–Trinajstić information content (AvgIpc) is 3.48. The Morgan fingerprint density at radius 2 is 1.27 bits per heavy atom. The number of benzene rings is 5. The van der Waals surface area contributed by atoms with Crippen LogP contribution in [0.25, 0.3) is 64.7 Å². The first-order valence-corrected chi connectivity index (χ1v) is 13.4. The molecule has 0 unspecified atom stereocenters. The highest BCUT2D eigenvalue weighted by atomic mass is 32.1. The highest BCUT2D eigenvalue weighted by molar-refractivity contribution is 7.71. The summed E-state index contributed by atoms with van der Waals surface area (Å²) in [5, 5.41) is 3.52. The molecule has 0 aliphatic rings. The van der Waals surface area contributed by atoms with Gasteiger partial charge in [-0.1, -0.05) is 84.2 Å². The van der Waals surface area contributed by atoms with Crippen LogP contribution < -0.4 is 0 Å². The van der Waals surface area contributed by atoms with Crippen molar-refractivity contribution in [3.8, 4) is 16.8 Å². The smallest absolute Gasteiger partial charge is 0.196 e. The lowest BCUT2D eigenvalue weighted by atomic mass is 10.0. The Bertz CT molecular complexity index is 2220. The molecule has 0 radical (unpaired) electrons. The zero-order valence-corrected chi connectivity index (χ0v) is 21.3. The fraction of sp³-hybridized carbons (Fsp3) is 0. The van der Waals surface area contributed by atoms with Crippen LogP contribution in [0.5, 0.6) is 0 Å². The van der Waals surface area contributed by atoms with Crippen molar-refractivity contribution in [2.75, 3.05) is 0 Å². The normalized spacial score (nSPS) is 11.9. The highest BCUT2D eigenvalue weighted by Crippen LogP contribution is 2.37. The van der Waals surface area contributed by atoms with Crippen LogP contribution in [0.1, 0.15) is 0 Å². The van der Waals surface area contributed by atoms with E-state index in [1.54, 1.807) is 11.3 Å². The summed E-state index contributed by atoms with van der Waals surface area (Å²) < 4.78 is 6.45. The lowest BCUT2D eigenvalue weighted by Crippen LogP contribution is -1.92. The molecule has 174 valence electrons. The van der Waals surface area contributed by atoms with Crippen molar-refractivity contribution < 1.29 is 0 Å². The SMILES string of the molecule is S=c1c2ccccc2nc2sc3cc(-c4ccc5c(c4)c4ccccc4n5-c4ccccc4)ccc3n12. The van der Waals surface area contributed by atoms with Crippen LogP contribution in [0, 0.1) is 4.64 Å². The molecular formula is C32H19N3S2. The van der Waals surface area contributed by atoms with Crippen LogP contribution in [0.2, 0.25) is 0 Å². The first-order valence-electron chi connectivity index (χ1n) is 12.2. The third-order valence-corrected chi connectivity index (χ3v) is 8.57. The van der Waals surface area contributed by atoms with Gasteiger partial charge in [-0.15, -0.1) is 0 Å². The number of rotatable bonds is 2. The minimum atomic E-state index is 0.815. The predicted octanol–water partition coefficient (Wildman–Crippen LogP) is 9.20. The summed E-state index contributed by atoms with van der Waals surface area (Å²) in [5.74, 6) is 0. The number of thiazole rings is 1.